The molecule has 0 aliphatic carbocycles. The predicted octanol–water partition coefficient (Wildman–Crippen LogP) is 1.74. The van der Waals surface area contributed by atoms with Crippen LogP contribution < -0.4 is 10.1 Å². The van der Waals surface area contributed by atoms with E-state index in [1.54, 1.807) is 0 Å². The summed E-state index contributed by atoms with van der Waals surface area (Å²) < 4.78 is 10.0. The average molecular weight is 237 g/mol. The van der Waals surface area contributed by atoms with Gasteiger partial charge in [-0.3, -0.25) is 4.79 Å². The van der Waals surface area contributed by atoms with Crippen molar-refractivity contribution in [2.24, 2.45) is 0 Å². The number of hydrogen-bond acceptors (Lipinski definition) is 4. The number of benzene rings is 1. The Morgan fingerprint density at radius 3 is 2.59 bits per heavy atom. The second-order valence-corrected chi connectivity index (χ2v) is 3.67. The summed E-state index contributed by atoms with van der Waals surface area (Å²) in [5.74, 6) is 0.622. The Morgan fingerprint density at radius 2 is 2.00 bits per heavy atom. The number of methoxy groups -OCH3 is 1. The van der Waals surface area contributed by atoms with Gasteiger partial charge in [-0.15, -0.1) is 0 Å². The van der Waals surface area contributed by atoms with Gasteiger partial charge in [-0.1, -0.05) is 19.1 Å². The molecule has 0 fully saturated rings. The van der Waals surface area contributed by atoms with Crippen molar-refractivity contribution in [3.05, 3.63) is 29.8 Å². The Kier molecular flexibility index (Phi) is 6.10. The van der Waals surface area contributed by atoms with E-state index in [-0.39, 0.29) is 12.5 Å². The predicted molar refractivity (Wildman–Crippen MR) is 66.0 cm³/mol. The summed E-state index contributed by atoms with van der Waals surface area (Å²) in [7, 11) is 1.38. The van der Waals surface area contributed by atoms with Crippen LogP contribution in [0.25, 0.3) is 0 Å². The molecule has 0 radical (unpaired) electrons. The molecule has 0 bridgehead atoms. The topological polar surface area (TPSA) is 47.6 Å². The standard InChI is InChI=1S/C13H19NO3/c1-3-8-17-12-6-4-11(5-7-12)9-14-10-13(15)16-2/h4-7,14H,3,8-10H2,1-2H3. The van der Waals surface area contributed by atoms with Crippen LogP contribution in [0.5, 0.6) is 5.75 Å². The summed E-state index contributed by atoms with van der Waals surface area (Å²) in [5.41, 5.74) is 1.11. The Balaban J connectivity index is 2.32. The van der Waals surface area contributed by atoms with Gasteiger partial charge >= 0.3 is 5.97 Å². The van der Waals surface area contributed by atoms with Crippen LogP contribution in [0.2, 0.25) is 0 Å². The average Bonchev–Trinajstić information content (AvgIpc) is 2.37. The number of rotatable bonds is 7. The molecule has 0 aliphatic heterocycles. The molecule has 4 nitrogen and oxygen atoms in total. The minimum absolute atomic E-state index is 0.227. The zero-order valence-electron chi connectivity index (χ0n) is 10.4. The van der Waals surface area contributed by atoms with E-state index in [9.17, 15) is 4.79 Å². The van der Waals surface area contributed by atoms with E-state index in [2.05, 4.69) is 17.0 Å². The third kappa shape index (κ3) is 5.36. The van der Waals surface area contributed by atoms with Crippen molar-refractivity contribution in [3.8, 4) is 5.75 Å². The second kappa shape index (κ2) is 7.68. The highest BCUT2D eigenvalue weighted by atomic mass is 16.5. The fourth-order valence-electron chi connectivity index (χ4n) is 1.30. The van der Waals surface area contributed by atoms with Crippen LogP contribution in [0, 0.1) is 0 Å². The lowest BCUT2D eigenvalue weighted by Gasteiger charge is -2.06. The van der Waals surface area contributed by atoms with Crippen LogP contribution in [0.15, 0.2) is 24.3 Å². The third-order valence-electron chi connectivity index (χ3n) is 2.22. The summed E-state index contributed by atoms with van der Waals surface area (Å²) in [6.45, 7) is 3.68. The lowest BCUT2D eigenvalue weighted by Crippen LogP contribution is -2.23. The van der Waals surface area contributed by atoms with Crippen molar-refractivity contribution in [3.63, 3.8) is 0 Å². The maximum absolute atomic E-state index is 10.9. The van der Waals surface area contributed by atoms with Gasteiger partial charge in [0.25, 0.3) is 0 Å². The quantitative estimate of drug-likeness (QED) is 0.734. The smallest absolute Gasteiger partial charge is 0.319 e. The molecule has 0 amide bonds. The molecule has 0 atom stereocenters. The molecule has 0 heterocycles. The lowest BCUT2D eigenvalue weighted by molar-refractivity contribution is -0.139. The molecule has 0 spiro atoms. The molecule has 94 valence electrons. The van der Waals surface area contributed by atoms with Crippen molar-refractivity contribution in [1.82, 2.24) is 5.32 Å². The monoisotopic (exact) mass is 237 g/mol. The molecule has 0 aromatic heterocycles. The van der Waals surface area contributed by atoms with E-state index >= 15 is 0 Å². The Morgan fingerprint density at radius 1 is 1.29 bits per heavy atom. The van der Waals surface area contributed by atoms with Crippen molar-refractivity contribution < 1.29 is 14.3 Å². The van der Waals surface area contributed by atoms with Crippen molar-refractivity contribution in [2.75, 3.05) is 20.3 Å². The van der Waals surface area contributed by atoms with Gasteiger partial charge in [-0.05, 0) is 24.1 Å². The van der Waals surface area contributed by atoms with Gasteiger partial charge in [0.05, 0.1) is 20.3 Å². The Bertz CT molecular complexity index is 335. The summed E-state index contributed by atoms with van der Waals surface area (Å²) in [4.78, 5) is 10.9. The minimum atomic E-state index is -0.257. The number of esters is 1. The molecular formula is C13H19NO3. The molecule has 0 saturated carbocycles. The first-order chi connectivity index (χ1) is 8.26. The number of ether oxygens (including phenoxy) is 2. The molecule has 17 heavy (non-hydrogen) atoms. The summed E-state index contributed by atoms with van der Waals surface area (Å²) in [6.07, 6.45) is 1.00. The van der Waals surface area contributed by atoms with Crippen LogP contribution >= 0.6 is 0 Å². The highest BCUT2D eigenvalue weighted by Crippen LogP contribution is 2.12. The second-order valence-electron chi connectivity index (χ2n) is 3.67. The Hall–Kier alpha value is -1.55. The lowest BCUT2D eigenvalue weighted by atomic mass is 10.2. The van der Waals surface area contributed by atoms with Gasteiger partial charge in [-0.2, -0.15) is 0 Å². The van der Waals surface area contributed by atoms with Crippen molar-refractivity contribution in [1.29, 1.82) is 0 Å². The van der Waals surface area contributed by atoms with E-state index < -0.39 is 0 Å². The molecule has 1 aromatic carbocycles. The fourth-order valence-corrected chi connectivity index (χ4v) is 1.30. The Labute approximate surface area is 102 Å². The normalized spacial score (nSPS) is 10.0. The van der Waals surface area contributed by atoms with Crippen LogP contribution in [0.3, 0.4) is 0 Å². The van der Waals surface area contributed by atoms with Gasteiger partial charge in [0, 0.05) is 6.54 Å². The van der Waals surface area contributed by atoms with Gasteiger partial charge in [0.2, 0.25) is 0 Å². The van der Waals surface area contributed by atoms with Crippen molar-refractivity contribution in [2.45, 2.75) is 19.9 Å². The molecule has 1 N–H and O–H groups in total. The minimum Gasteiger partial charge on any atom is -0.494 e. The van der Waals surface area contributed by atoms with Crippen LogP contribution in [0.4, 0.5) is 0 Å². The van der Waals surface area contributed by atoms with Gasteiger partial charge in [-0.25, -0.2) is 0 Å². The molecule has 1 rings (SSSR count). The SMILES string of the molecule is CCCOc1ccc(CNCC(=O)OC)cc1. The van der Waals surface area contributed by atoms with Gasteiger partial charge in [0.15, 0.2) is 0 Å². The van der Waals surface area contributed by atoms with E-state index in [0.29, 0.717) is 6.54 Å². The number of nitrogens with one attached hydrogen (secondary N) is 1. The molecule has 4 heteroatoms. The summed E-state index contributed by atoms with van der Waals surface area (Å²) >= 11 is 0. The van der Waals surface area contributed by atoms with Crippen molar-refractivity contribution >= 4 is 5.97 Å². The van der Waals surface area contributed by atoms with E-state index in [0.717, 1.165) is 24.3 Å². The highest BCUT2D eigenvalue weighted by Gasteiger charge is 1.99. The van der Waals surface area contributed by atoms with Gasteiger partial charge < -0.3 is 14.8 Å². The first kappa shape index (κ1) is 13.5. The highest BCUT2D eigenvalue weighted by molar-refractivity contribution is 5.71. The van der Waals surface area contributed by atoms with E-state index in [4.69, 9.17) is 4.74 Å². The van der Waals surface area contributed by atoms with Gasteiger partial charge in [0.1, 0.15) is 5.75 Å². The third-order valence-corrected chi connectivity index (χ3v) is 2.22. The van der Waals surface area contributed by atoms with Crippen LogP contribution in [-0.4, -0.2) is 26.2 Å². The maximum Gasteiger partial charge on any atom is 0.319 e. The number of hydrogen-bond donors (Lipinski definition) is 1. The summed E-state index contributed by atoms with van der Waals surface area (Å²) in [5, 5.41) is 3.00. The summed E-state index contributed by atoms with van der Waals surface area (Å²) in [6, 6.07) is 7.83. The zero-order chi connectivity index (χ0) is 12.5. The van der Waals surface area contributed by atoms with Crippen LogP contribution in [-0.2, 0) is 16.1 Å². The van der Waals surface area contributed by atoms with E-state index in [1.807, 2.05) is 24.3 Å². The molecule has 0 saturated heterocycles. The van der Waals surface area contributed by atoms with Crippen LogP contribution in [0.1, 0.15) is 18.9 Å². The first-order valence-corrected chi connectivity index (χ1v) is 5.75. The first-order valence-electron chi connectivity index (χ1n) is 5.75. The molecule has 0 aliphatic rings. The molecule has 0 unspecified atom stereocenters. The zero-order valence-corrected chi connectivity index (χ0v) is 10.4. The molecular weight excluding hydrogens is 218 g/mol. The fraction of sp³-hybridized carbons (Fsp3) is 0.462. The number of carbonyl (C=O) groups is 1. The largest absolute Gasteiger partial charge is 0.494 e. The van der Waals surface area contributed by atoms with E-state index in [1.165, 1.54) is 7.11 Å². The number of carbonyl (C=O) groups excluding carboxylic acids is 1. The maximum atomic E-state index is 10.9. The molecule has 1 aromatic rings.